The average molecular weight is 399 g/mol. The van der Waals surface area contributed by atoms with Crippen LogP contribution in [0.4, 0.5) is 0 Å². The molecular formula is C23H30N2O4. The van der Waals surface area contributed by atoms with Gasteiger partial charge in [0.25, 0.3) is 5.91 Å². The Morgan fingerprint density at radius 1 is 1.00 bits per heavy atom. The van der Waals surface area contributed by atoms with Crippen LogP contribution in [0, 0.1) is 0 Å². The van der Waals surface area contributed by atoms with Crippen molar-refractivity contribution in [1.29, 1.82) is 0 Å². The largest absolute Gasteiger partial charge is 0.493 e. The summed E-state index contributed by atoms with van der Waals surface area (Å²) >= 11 is 0. The minimum Gasteiger partial charge on any atom is -0.493 e. The molecule has 0 aromatic heterocycles. The summed E-state index contributed by atoms with van der Waals surface area (Å²) in [6.07, 6.45) is 1.62. The van der Waals surface area contributed by atoms with Crippen LogP contribution in [0.5, 0.6) is 11.5 Å². The second-order valence-corrected chi connectivity index (χ2v) is 6.72. The van der Waals surface area contributed by atoms with Gasteiger partial charge in [0.15, 0.2) is 11.5 Å². The third kappa shape index (κ3) is 6.82. The van der Waals surface area contributed by atoms with Crippen LogP contribution in [-0.4, -0.2) is 43.5 Å². The fourth-order valence-electron chi connectivity index (χ4n) is 2.85. The van der Waals surface area contributed by atoms with Crippen molar-refractivity contribution in [2.75, 3.05) is 26.7 Å². The number of nitrogens with zero attached hydrogens (tertiary/aromatic N) is 1. The van der Waals surface area contributed by atoms with Gasteiger partial charge in [0.05, 0.1) is 13.7 Å². The normalized spacial score (nSPS) is 10.3. The molecule has 156 valence electrons. The number of ether oxygens (including phenoxy) is 2. The SMILES string of the molecule is CCCNC(=O)CN(CCC)C(=O)c1ccc(OCc2ccccc2)c(OC)c1. The van der Waals surface area contributed by atoms with E-state index in [9.17, 15) is 9.59 Å². The van der Waals surface area contributed by atoms with Crippen molar-refractivity contribution < 1.29 is 19.1 Å². The average Bonchev–Trinajstić information content (AvgIpc) is 2.76. The van der Waals surface area contributed by atoms with Crippen molar-refractivity contribution in [2.24, 2.45) is 0 Å². The molecule has 6 heteroatoms. The maximum atomic E-state index is 13.0. The van der Waals surface area contributed by atoms with Gasteiger partial charge in [0, 0.05) is 18.7 Å². The molecule has 0 saturated heterocycles. The number of hydrogen-bond donors (Lipinski definition) is 1. The number of carbonyl (C=O) groups is 2. The van der Waals surface area contributed by atoms with Gasteiger partial charge in [-0.1, -0.05) is 44.2 Å². The zero-order chi connectivity index (χ0) is 21.1. The van der Waals surface area contributed by atoms with Gasteiger partial charge in [-0.05, 0) is 36.6 Å². The molecule has 0 atom stereocenters. The Morgan fingerprint density at radius 3 is 2.41 bits per heavy atom. The molecule has 29 heavy (non-hydrogen) atoms. The van der Waals surface area contributed by atoms with E-state index < -0.39 is 0 Å². The molecule has 0 radical (unpaired) electrons. The Bertz CT molecular complexity index is 793. The van der Waals surface area contributed by atoms with Crippen molar-refractivity contribution in [1.82, 2.24) is 10.2 Å². The van der Waals surface area contributed by atoms with Gasteiger partial charge in [-0.25, -0.2) is 0 Å². The quantitative estimate of drug-likeness (QED) is 0.627. The predicted molar refractivity (Wildman–Crippen MR) is 113 cm³/mol. The summed E-state index contributed by atoms with van der Waals surface area (Å²) in [5, 5.41) is 2.81. The molecule has 0 aliphatic rings. The number of carbonyl (C=O) groups excluding carboxylic acids is 2. The fourth-order valence-corrected chi connectivity index (χ4v) is 2.85. The van der Waals surface area contributed by atoms with Gasteiger partial charge in [0.1, 0.15) is 6.61 Å². The van der Waals surface area contributed by atoms with Crippen molar-refractivity contribution in [3.63, 3.8) is 0 Å². The van der Waals surface area contributed by atoms with E-state index in [1.807, 2.05) is 44.2 Å². The minimum atomic E-state index is -0.202. The van der Waals surface area contributed by atoms with E-state index >= 15 is 0 Å². The molecule has 0 unspecified atom stereocenters. The first-order valence-electron chi connectivity index (χ1n) is 9.99. The summed E-state index contributed by atoms with van der Waals surface area (Å²) in [5.74, 6) is 0.698. The van der Waals surface area contributed by atoms with Gasteiger partial charge in [0.2, 0.25) is 5.91 Å². The van der Waals surface area contributed by atoms with Gasteiger partial charge in [-0.3, -0.25) is 9.59 Å². The van der Waals surface area contributed by atoms with Gasteiger partial charge >= 0.3 is 0 Å². The lowest BCUT2D eigenvalue weighted by Crippen LogP contribution is -2.41. The van der Waals surface area contributed by atoms with Crippen molar-refractivity contribution in [3.05, 3.63) is 59.7 Å². The van der Waals surface area contributed by atoms with Crippen molar-refractivity contribution >= 4 is 11.8 Å². The Balaban J connectivity index is 2.10. The first kappa shape index (κ1) is 22.3. The first-order valence-corrected chi connectivity index (χ1v) is 9.99. The number of nitrogens with one attached hydrogen (secondary N) is 1. The molecule has 0 fully saturated rings. The van der Waals surface area contributed by atoms with Gasteiger partial charge in [-0.2, -0.15) is 0 Å². The standard InChI is InChI=1S/C23H30N2O4/c1-4-13-24-22(26)16-25(14-5-2)23(27)19-11-12-20(21(15-19)28-3)29-17-18-9-7-6-8-10-18/h6-12,15H,4-5,13-14,16-17H2,1-3H3,(H,24,26). The summed E-state index contributed by atoms with van der Waals surface area (Å²) in [4.78, 5) is 26.6. The summed E-state index contributed by atoms with van der Waals surface area (Å²) in [6, 6.07) is 14.9. The molecule has 0 aliphatic heterocycles. The van der Waals surface area contributed by atoms with Crippen molar-refractivity contribution in [2.45, 2.75) is 33.3 Å². The van der Waals surface area contributed by atoms with E-state index in [1.54, 1.807) is 30.2 Å². The molecule has 0 spiro atoms. The molecule has 1 N–H and O–H groups in total. The van der Waals surface area contributed by atoms with Gasteiger partial charge < -0.3 is 19.7 Å². The third-order valence-electron chi connectivity index (χ3n) is 4.34. The van der Waals surface area contributed by atoms with Crippen LogP contribution < -0.4 is 14.8 Å². The highest BCUT2D eigenvalue weighted by atomic mass is 16.5. The Morgan fingerprint density at radius 2 is 1.76 bits per heavy atom. The molecule has 0 aliphatic carbocycles. The summed E-state index contributed by atoms with van der Waals surface area (Å²) in [5.41, 5.74) is 1.51. The lowest BCUT2D eigenvalue weighted by atomic mass is 10.1. The summed E-state index contributed by atoms with van der Waals surface area (Å²) in [6.45, 7) is 5.53. The molecule has 2 aromatic rings. The lowest BCUT2D eigenvalue weighted by Gasteiger charge is -2.22. The maximum Gasteiger partial charge on any atom is 0.254 e. The van der Waals surface area contributed by atoms with E-state index in [-0.39, 0.29) is 18.4 Å². The van der Waals surface area contributed by atoms with Crippen LogP contribution in [0.2, 0.25) is 0 Å². The maximum absolute atomic E-state index is 13.0. The third-order valence-corrected chi connectivity index (χ3v) is 4.34. The molecular weight excluding hydrogens is 368 g/mol. The van der Waals surface area contributed by atoms with Crippen LogP contribution in [-0.2, 0) is 11.4 Å². The Kier molecular flexibility index (Phi) is 9.02. The number of rotatable bonds is 11. The number of methoxy groups -OCH3 is 1. The second kappa shape index (κ2) is 11.7. The van der Waals surface area contributed by atoms with Crippen LogP contribution in [0.15, 0.2) is 48.5 Å². The highest BCUT2D eigenvalue weighted by Gasteiger charge is 2.20. The molecule has 2 aromatic carbocycles. The summed E-state index contributed by atoms with van der Waals surface area (Å²) < 4.78 is 11.3. The first-order chi connectivity index (χ1) is 14.1. The molecule has 6 nitrogen and oxygen atoms in total. The monoisotopic (exact) mass is 398 g/mol. The van der Waals surface area contributed by atoms with E-state index in [0.717, 1.165) is 18.4 Å². The van der Waals surface area contributed by atoms with Crippen molar-refractivity contribution in [3.8, 4) is 11.5 Å². The van der Waals surface area contributed by atoms with Crippen LogP contribution in [0.3, 0.4) is 0 Å². The van der Waals surface area contributed by atoms with Crippen LogP contribution in [0.1, 0.15) is 42.6 Å². The molecule has 0 bridgehead atoms. The number of hydrogen-bond acceptors (Lipinski definition) is 4. The van der Waals surface area contributed by atoms with Crippen LogP contribution >= 0.6 is 0 Å². The van der Waals surface area contributed by atoms with E-state index in [0.29, 0.717) is 36.8 Å². The fraction of sp³-hybridized carbons (Fsp3) is 0.391. The highest BCUT2D eigenvalue weighted by molar-refractivity contribution is 5.97. The van der Waals surface area contributed by atoms with E-state index in [2.05, 4.69) is 5.32 Å². The molecule has 0 heterocycles. The molecule has 2 rings (SSSR count). The molecule has 0 saturated carbocycles. The van der Waals surface area contributed by atoms with Crippen LogP contribution in [0.25, 0.3) is 0 Å². The van der Waals surface area contributed by atoms with Gasteiger partial charge in [-0.15, -0.1) is 0 Å². The second-order valence-electron chi connectivity index (χ2n) is 6.72. The zero-order valence-electron chi connectivity index (χ0n) is 17.4. The zero-order valence-corrected chi connectivity index (χ0v) is 17.4. The summed E-state index contributed by atoms with van der Waals surface area (Å²) in [7, 11) is 1.54. The lowest BCUT2D eigenvalue weighted by molar-refractivity contribution is -0.121. The Labute approximate surface area is 172 Å². The number of benzene rings is 2. The predicted octanol–water partition coefficient (Wildman–Crippen LogP) is 3.65. The van der Waals surface area contributed by atoms with E-state index in [4.69, 9.17) is 9.47 Å². The Hall–Kier alpha value is -3.02. The highest BCUT2D eigenvalue weighted by Crippen LogP contribution is 2.29. The topological polar surface area (TPSA) is 67.9 Å². The van der Waals surface area contributed by atoms with E-state index in [1.165, 1.54) is 0 Å². The smallest absolute Gasteiger partial charge is 0.254 e. The number of amides is 2. The molecule has 2 amide bonds. The minimum absolute atomic E-state index is 0.0429.